The Morgan fingerprint density at radius 3 is 2.64 bits per heavy atom. The van der Waals surface area contributed by atoms with E-state index >= 15 is 0 Å². The molecule has 1 aliphatic heterocycles. The Labute approximate surface area is 168 Å². The zero-order chi connectivity index (χ0) is 19.1. The Kier molecular flexibility index (Phi) is 4.09. The van der Waals surface area contributed by atoms with Gasteiger partial charge in [-0.25, -0.2) is 0 Å². The van der Waals surface area contributed by atoms with E-state index in [-0.39, 0.29) is 12.6 Å². The molecule has 1 fully saturated rings. The number of carbonyl (C=O) groups is 1. The molecule has 2 heterocycles. The number of halogens is 1. The highest BCUT2D eigenvalue weighted by Gasteiger charge is 2.50. The van der Waals surface area contributed by atoms with Crippen molar-refractivity contribution in [1.82, 2.24) is 4.98 Å². The zero-order valence-electron chi connectivity index (χ0n) is 15.2. The molecule has 0 N–H and O–H groups in total. The highest BCUT2D eigenvalue weighted by molar-refractivity contribution is 6.30. The number of ether oxygens (including phenoxy) is 2. The number of Topliss-reactive ketones (excluding diaryl/α,β-unsaturated/α-hetero) is 1. The maximum Gasteiger partial charge on any atom is 0.231 e. The van der Waals surface area contributed by atoms with Crippen LogP contribution in [0.4, 0.5) is 0 Å². The van der Waals surface area contributed by atoms with Crippen molar-refractivity contribution in [2.45, 2.75) is 24.7 Å². The van der Waals surface area contributed by atoms with Crippen molar-refractivity contribution in [3.63, 3.8) is 0 Å². The van der Waals surface area contributed by atoms with Gasteiger partial charge in [-0.15, -0.1) is 0 Å². The number of hydrogen-bond donors (Lipinski definition) is 0. The smallest absolute Gasteiger partial charge is 0.231 e. The Balaban J connectivity index is 1.39. The van der Waals surface area contributed by atoms with Crippen LogP contribution in [-0.4, -0.2) is 17.6 Å². The summed E-state index contributed by atoms with van der Waals surface area (Å²) in [4.78, 5) is 17.9. The van der Waals surface area contributed by atoms with Crippen molar-refractivity contribution in [2.24, 2.45) is 0 Å². The van der Waals surface area contributed by atoms with Gasteiger partial charge in [-0.3, -0.25) is 9.78 Å². The standard InChI is InChI=1S/C23H18ClNO3/c24-17-4-1-3-15(11-17)19-6-2-5-18(25-19)13-22(26)23(9-10-23)16-7-8-20-21(12-16)28-14-27-20/h1-8,11-12H,9-10,13-14H2. The summed E-state index contributed by atoms with van der Waals surface area (Å²) in [6.45, 7) is 0.236. The van der Waals surface area contributed by atoms with E-state index in [1.165, 1.54) is 0 Å². The quantitative estimate of drug-likeness (QED) is 0.615. The SMILES string of the molecule is O=C(Cc1cccc(-c2cccc(Cl)c2)n1)C1(c2ccc3c(c2)OCO3)CC1. The highest BCUT2D eigenvalue weighted by atomic mass is 35.5. The third-order valence-corrected chi connectivity index (χ3v) is 5.71. The molecular formula is C23H18ClNO3. The number of carbonyl (C=O) groups excluding carboxylic acids is 1. The fourth-order valence-corrected chi connectivity index (χ4v) is 3.96. The van der Waals surface area contributed by atoms with Gasteiger partial charge in [0, 0.05) is 22.7 Å². The van der Waals surface area contributed by atoms with Crippen molar-refractivity contribution in [2.75, 3.05) is 6.79 Å². The van der Waals surface area contributed by atoms with Gasteiger partial charge < -0.3 is 9.47 Å². The minimum Gasteiger partial charge on any atom is -0.454 e. The van der Waals surface area contributed by atoms with Crippen molar-refractivity contribution in [3.05, 3.63) is 76.9 Å². The van der Waals surface area contributed by atoms with Gasteiger partial charge in [0.1, 0.15) is 5.78 Å². The maximum atomic E-state index is 13.2. The maximum absolute atomic E-state index is 13.2. The van der Waals surface area contributed by atoms with Crippen LogP contribution < -0.4 is 9.47 Å². The molecule has 4 nitrogen and oxygen atoms in total. The van der Waals surface area contributed by atoms with E-state index in [4.69, 9.17) is 26.1 Å². The van der Waals surface area contributed by atoms with Crippen LogP contribution in [0.1, 0.15) is 24.1 Å². The van der Waals surface area contributed by atoms with Crippen LogP contribution >= 0.6 is 11.6 Å². The van der Waals surface area contributed by atoms with Gasteiger partial charge in [-0.2, -0.15) is 0 Å². The molecule has 2 aromatic carbocycles. The predicted molar refractivity (Wildman–Crippen MR) is 107 cm³/mol. The minimum atomic E-state index is -0.422. The number of rotatable bonds is 5. The summed E-state index contributed by atoms with van der Waals surface area (Å²) < 4.78 is 10.9. The first kappa shape index (κ1) is 17.3. The third kappa shape index (κ3) is 3.04. The number of pyridine rings is 1. The molecule has 0 amide bonds. The molecule has 0 radical (unpaired) electrons. The lowest BCUT2D eigenvalue weighted by atomic mass is 9.88. The fourth-order valence-electron chi connectivity index (χ4n) is 3.77. The monoisotopic (exact) mass is 391 g/mol. The van der Waals surface area contributed by atoms with Crippen LogP contribution in [0.15, 0.2) is 60.7 Å². The van der Waals surface area contributed by atoms with E-state index in [0.29, 0.717) is 11.4 Å². The largest absolute Gasteiger partial charge is 0.454 e. The summed E-state index contributed by atoms with van der Waals surface area (Å²) in [7, 11) is 0. The Hall–Kier alpha value is -2.85. The van der Waals surface area contributed by atoms with Gasteiger partial charge in [0.2, 0.25) is 6.79 Å². The molecule has 140 valence electrons. The lowest BCUT2D eigenvalue weighted by Gasteiger charge is -2.15. The molecule has 2 aliphatic rings. The second-order valence-electron chi connectivity index (χ2n) is 7.27. The molecular weight excluding hydrogens is 374 g/mol. The lowest BCUT2D eigenvalue weighted by Crippen LogP contribution is -2.23. The van der Waals surface area contributed by atoms with Crippen LogP contribution in [0, 0.1) is 0 Å². The second-order valence-corrected chi connectivity index (χ2v) is 7.71. The lowest BCUT2D eigenvalue weighted by molar-refractivity contribution is -0.120. The molecule has 0 spiro atoms. The molecule has 5 heteroatoms. The van der Waals surface area contributed by atoms with E-state index < -0.39 is 5.41 Å². The van der Waals surface area contributed by atoms with E-state index in [2.05, 4.69) is 0 Å². The number of aromatic nitrogens is 1. The summed E-state index contributed by atoms with van der Waals surface area (Å²) in [5.41, 5.74) is 3.12. The molecule has 0 saturated heterocycles. The first-order chi connectivity index (χ1) is 13.6. The molecule has 1 aromatic heterocycles. The van der Waals surface area contributed by atoms with Crippen LogP contribution in [0.3, 0.4) is 0 Å². The van der Waals surface area contributed by atoms with Crippen LogP contribution in [0.5, 0.6) is 11.5 Å². The van der Waals surface area contributed by atoms with Gasteiger partial charge >= 0.3 is 0 Å². The topological polar surface area (TPSA) is 48.4 Å². The molecule has 3 aromatic rings. The van der Waals surface area contributed by atoms with Crippen molar-refractivity contribution in [1.29, 1.82) is 0 Å². The number of hydrogen-bond acceptors (Lipinski definition) is 4. The average Bonchev–Trinajstić information content (AvgIpc) is 3.39. The average molecular weight is 392 g/mol. The van der Waals surface area contributed by atoms with Crippen LogP contribution in [0.25, 0.3) is 11.3 Å². The number of fused-ring (bicyclic) bond motifs is 1. The summed E-state index contributed by atoms with van der Waals surface area (Å²) in [6, 6.07) is 19.2. The molecule has 0 atom stereocenters. The van der Waals surface area contributed by atoms with E-state index in [0.717, 1.165) is 46.9 Å². The number of nitrogens with zero attached hydrogens (tertiary/aromatic N) is 1. The molecule has 1 aliphatic carbocycles. The molecule has 5 rings (SSSR count). The van der Waals surface area contributed by atoms with Crippen molar-refractivity contribution < 1.29 is 14.3 Å². The second kappa shape index (κ2) is 6.64. The van der Waals surface area contributed by atoms with Gasteiger partial charge in [0.05, 0.1) is 11.1 Å². The number of benzene rings is 2. The van der Waals surface area contributed by atoms with Crippen LogP contribution in [-0.2, 0) is 16.6 Å². The van der Waals surface area contributed by atoms with Gasteiger partial charge in [0.25, 0.3) is 0 Å². The normalized spacial score (nSPS) is 16.0. The summed E-state index contributed by atoms with van der Waals surface area (Å²) in [6.07, 6.45) is 2.03. The van der Waals surface area contributed by atoms with Gasteiger partial charge in [0.15, 0.2) is 11.5 Å². The molecule has 0 unspecified atom stereocenters. The van der Waals surface area contributed by atoms with E-state index in [9.17, 15) is 4.79 Å². The Bertz CT molecular complexity index is 1070. The third-order valence-electron chi connectivity index (χ3n) is 5.48. The summed E-state index contributed by atoms with van der Waals surface area (Å²) in [5, 5.41) is 0.667. The van der Waals surface area contributed by atoms with Crippen molar-refractivity contribution >= 4 is 17.4 Å². The summed E-state index contributed by atoms with van der Waals surface area (Å²) in [5.74, 6) is 1.66. The van der Waals surface area contributed by atoms with Gasteiger partial charge in [-0.05, 0) is 54.8 Å². The first-order valence-corrected chi connectivity index (χ1v) is 9.67. The highest BCUT2D eigenvalue weighted by Crippen LogP contribution is 2.51. The molecule has 1 saturated carbocycles. The minimum absolute atomic E-state index is 0.196. The predicted octanol–water partition coefficient (Wildman–Crippen LogP) is 4.97. The first-order valence-electron chi connectivity index (χ1n) is 9.29. The fraction of sp³-hybridized carbons (Fsp3) is 0.217. The zero-order valence-corrected chi connectivity index (χ0v) is 15.9. The summed E-state index contributed by atoms with van der Waals surface area (Å²) >= 11 is 6.09. The number of ketones is 1. The van der Waals surface area contributed by atoms with Crippen molar-refractivity contribution in [3.8, 4) is 22.8 Å². The van der Waals surface area contributed by atoms with E-state index in [1.54, 1.807) is 0 Å². The molecule has 28 heavy (non-hydrogen) atoms. The van der Waals surface area contributed by atoms with Gasteiger partial charge in [-0.1, -0.05) is 35.9 Å². The van der Waals surface area contributed by atoms with Crippen LogP contribution in [0.2, 0.25) is 5.02 Å². The Morgan fingerprint density at radius 2 is 1.82 bits per heavy atom. The van der Waals surface area contributed by atoms with E-state index in [1.807, 2.05) is 60.7 Å². The Morgan fingerprint density at radius 1 is 1.00 bits per heavy atom. The molecule has 0 bridgehead atoms.